The number of amides is 1. The van der Waals surface area contributed by atoms with Crippen LogP contribution in [0.5, 0.6) is 5.75 Å². The summed E-state index contributed by atoms with van der Waals surface area (Å²) in [5.74, 6) is -0.542. The zero-order valence-corrected chi connectivity index (χ0v) is 21.8. The summed E-state index contributed by atoms with van der Waals surface area (Å²) >= 11 is 6.04. The molecule has 0 unspecified atom stereocenters. The Bertz CT molecular complexity index is 1590. The lowest BCUT2D eigenvalue weighted by Gasteiger charge is -2.14. The van der Waals surface area contributed by atoms with Crippen molar-refractivity contribution in [2.24, 2.45) is 0 Å². The van der Waals surface area contributed by atoms with Gasteiger partial charge in [-0.25, -0.2) is 8.42 Å². The molecule has 0 aliphatic carbocycles. The van der Waals surface area contributed by atoms with Gasteiger partial charge in [-0.15, -0.1) is 0 Å². The molecule has 1 aromatic carbocycles. The van der Waals surface area contributed by atoms with Crippen molar-refractivity contribution in [2.75, 3.05) is 16.3 Å². The molecule has 4 rings (SSSR count). The van der Waals surface area contributed by atoms with Gasteiger partial charge in [-0.2, -0.15) is 13.2 Å². The van der Waals surface area contributed by atoms with Crippen LogP contribution >= 0.6 is 11.6 Å². The highest BCUT2D eigenvalue weighted by Gasteiger charge is 2.30. The number of hydrogen-bond donors (Lipinski definition) is 2. The molecule has 39 heavy (non-hydrogen) atoms. The smallest absolute Gasteiger partial charge is 0.406 e. The number of pyridine rings is 2. The van der Waals surface area contributed by atoms with Crippen LogP contribution in [-0.2, 0) is 23.2 Å². The maximum absolute atomic E-state index is 13.4. The molecule has 0 atom stereocenters. The minimum absolute atomic E-state index is 0.00443. The second kappa shape index (κ2) is 11.3. The largest absolute Gasteiger partial charge is 0.486 e. The molecule has 0 fully saturated rings. The van der Waals surface area contributed by atoms with Crippen molar-refractivity contribution in [3.63, 3.8) is 0 Å². The molecule has 0 spiro atoms. The fraction of sp³-hybridized carbons (Fsp3) is 0.160. The number of rotatable bonds is 9. The first kappa shape index (κ1) is 27.9. The Morgan fingerprint density at radius 2 is 1.85 bits per heavy atom. The summed E-state index contributed by atoms with van der Waals surface area (Å²) < 4.78 is 72.4. The van der Waals surface area contributed by atoms with Gasteiger partial charge >= 0.3 is 6.18 Å². The van der Waals surface area contributed by atoms with Crippen LogP contribution in [-0.4, -0.2) is 41.3 Å². The molecule has 2 N–H and O–H groups in total. The third-order valence-corrected chi connectivity index (χ3v) is 5.92. The first-order chi connectivity index (χ1) is 18.4. The van der Waals surface area contributed by atoms with E-state index in [9.17, 15) is 26.4 Å². The van der Waals surface area contributed by atoms with Crippen LogP contribution in [0.25, 0.3) is 11.4 Å². The van der Waals surface area contributed by atoms with Crippen molar-refractivity contribution < 1.29 is 31.1 Å². The van der Waals surface area contributed by atoms with E-state index < -0.39 is 28.7 Å². The van der Waals surface area contributed by atoms with E-state index in [-0.39, 0.29) is 45.7 Å². The van der Waals surface area contributed by atoms with Gasteiger partial charge in [0.2, 0.25) is 10.0 Å². The number of nitrogens with one attached hydrogen (secondary N) is 2. The van der Waals surface area contributed by atoms with Gasteiger partial charge in [0.25, 0.3) is 5.91 Å². The van der Waals surface area contributed by atoms with E-state index in [1.165, 1.54) is 30.5 Å². The summed E-state index contributed by atoms with van der Waals surface area (Å²) in [4.78, 5) is 21.3. The van der Waals surface area contributed by atoms with Crippen LogP contribution in [0.3, 0.4) is 0 Å². The maximum Gasteiger partial charge on any atom is 0.406 e. The van der Waals surface area contributed by atoms with E-state index >= 15 is 0 Å². The van der Waals surface area contributed by atoms with Gasteiger partial charge in [0.15, 0.2) is 0 Å². The van der Waals surface area contributed by atoms with Crippen molar-refractivity contribution in [3.05, 3.63) is 89.5 Å². The number of hydrogen-bond acceptors (Lipinski definition) is 6. The molecule has 0 saturated carbocycles. The Balaban J connectivity index is 1.66. The second-order valence-corrected chi connectivity index (χ2v) is 10.6. The molecule has 0 bridgehead atoms. The molecule has 0 aliphatic heterocycles. The molecule has 9 nitrogen and oxygen atoms in total. The lowest BCUT2D eigenvalue weighted by atomic mass is 10.2. The number of sulfonamides is 1. The lowest BCUT2D eigenvalue weighted by molar-refractivity contribution is -0.140. The summed E-state index contributed by atoms with van der Waals surface area (Å²) in [6, 6.07) is 11.9. The third-order valence-electron chi connectivity index (χ3n) is 5.10. The molecule has 3 heterocycles. The van der Waals surface area contributed by atoms with Crippen LogP contribution in [0, 0.1) is 0 Å². The first-order valence-corrected chi connectivity index (χ1v) is 13.5. The number of carbonyl (C=O) groups is 1. The van der Waals surface area contributed by atoms with Gasteiger partial charge in [0.1, 0.15) is 24.6 Å². The summed E-state index contributed by atoms with van der Waals surface area (Å²) in [6.07, 6.45) is 2.01. The average molecular weight is 580 g/mol. The summed E-state index contributed by atoms with van der Waals surface area (Å²) in [5, 5.41) is 2.65. The highest BCUT2D eigenvalue weighted by Crippen LogP contribution is 2.32. The highest BCUT2D eigenvalue weighted by atomic mass is 35.5. The average Bonchev–Trinajstić information content (AvgIpc) is 3.24. The molecule has 1 amide bonds. The van der Waals surface area contributed by atoms with Gasteiger partial charge in [-0.1, -0.05) is 17.7 Å². The van der Waals surface area contributed by atoms with Crippen molar-refractivity contribution in [1.82, 2.24) is 14.5 Å². The normalized spacial score (nSPS) is 11.7. The van der Waals surface area contributed by atoms with Gasteiger partial charge in [0, 0.05) is 41.1 Å². The van der Waals surface area contributed by atoms with E-state index in [0.717, 1.165) is 22.6 Å². The molecular formula is C25H21ClF3N5O4S. The number of anilines is 2. The van der Waals surface area contributed by atoms with Crippen molar-refractivity contribution in [2.45, 2.75) is 19.3 Å². The Labute approximate surface area is 226 Å². The Hall–Kier alpha value is -4.10. The fourth-order valence-electron chi connectivity index (χ4n) is 3.64. The number of alkyl halides is 3. The predicted octanol–water partition coefficient (Wildman–Crippen LogP) is 5.36. The van der Waals surface area contributed by atoms with Crippen LogP contribution in [0.15, 0.2) is 73.3 Å². The third kappa shape index (κ3) is 7.94. The standard InChI is InChI=1S/C25H21ClF3N5O4S/c1-39(36,37)33-20-10-18(26)9-19(11-20)32-24(35)17-8-21(34(13-17)15-25(27,28)29)23-22(5-3-7-31-23)38-14-16-4-2-6-30-12-16/h2-13,33H,14-15H2,1H3,(H,32,35). The summed E-state index contributed by atoms with van der Waals surface area (Å²) in [5.41, 5.74) is 0.971. The zero-order chi connectivity index (χ0) is 28.2. The van der Waals surface area contributed by atoms with E-state index in [2.05, 4.69) is 20.0 Å². The summed E-state index contributed by atoms with van der Waals surface area (Å²) in [7, 11) is -3.62. The lowest BCUT2D eigenvalue weighted by Crippen LogP contribution is -2.18. The number of ether oxygens (including phenoxy) is 1. The van der Waals surface area contributed by atoms with E-state index in [1.54, 1.807) is 36.7 Å². The molecule has 3 aromatic heterocycles. The van der Waals surface area contributed by atoms with Crippen LogP contribution in [0.4, 0.5) is 24.5 Å². The molecule has 4 aromatic rings. The fourth-order valence-corrected chi connectivity index (χ4v) is 4.42. The summed E-state index contributed by atoms with van der Waals surface area (Å²) in [6.45, 7) is -1.29. The van der Waals surface area contributed by atoms with Crippen molar-refractivity contribution in [1.29, 1.82) is 0 Å². The van der Waals surface area contributed by atoms with Crippen LogP contribution in [0.1, 0.15) is 15.9 Å². The van der Waals surface area contributed by atoms with Gasteiger partial charge in [0.05, 0.1) is 23.2 Å². The predicted molar refractivity (Wildman–Crippen MR) is 140 cm³/mol. The Morgan fingerprint density at radius 1 is 1.10 bits per heavy atom. The monoisotopic (exact) mass is 579 g/mol. The van der Waals surface area contributed by atoms with Crippen molar-refractivity contribution >= 4 is 38.9 Å². The Morgan fingerprint density at radius 3 is 2.54 bits per heavy atom. The van der Waals surface area contributed by atoms with E-state index in [1.807, 2.05) is 0 Å². The molecule has 0 aliphatic rings. The molecule has 204 valence electrons. The highest BCUT2D eigenvalue weighted by molar-refractivity contribution is 7.92. The van der Waals surface area contributed by atoms with E-state index in [4.69, 9.17) is 16.3 Å². The Kier molecular flexibility index (Phi) is 8.11. The number of carbonyl (C=O) groups excluding carboxylic acids is 1. The van der Waals surface area contributed by atoms with Crippen molar-refractivity contribution in [3.8, 4) is 17.1 Å². The minimum Gasteiger partial charge on any atom is -0.486 e. The second-order valence-electron chi connectivity index (χ2n) is 8.41. The van der Waals surface area contributed by atoms with Gasteiger partial charge < -0.3 is 14.6 Å². The molecule has 0 radical (unpaired) electrons. The number of benzene rings is 1. The van der Waals surface area contributed by atoms with Gasteiger partial charge in [-0.3, -0.25) is 19.5 Å². The quantitative estimate of drug-likeness (QED) is 0.276. The maximum atomic E-state index is 13.4. The number of nitrogens with zero attached hydrogens (tertiary/aromatic N) is 3. The number of halogens is 4. The van der Waals surface area contributed by atoms with E-state index in [0.29, 0.717) is 0 Å². The van der Waals surface area contributed by atoms with Gasteiger partial charge in [-0.05, 0) is 42.5 Å². The molecule has 14 heteroatoms. The van der Waals surface area contributed by atoms with Crippen LogP contribution < -0.4 is 14.8 Å². The molecular weight excluding hydrogens is 559 g/mol. The zero-order valence-electron chi connectivity index (χ0n) is 20.2. The topological polar surface area (TPSA) is 115 Å². The minimum atomic E-state index is -4.59. The van der Waals surface area contributed by atoms with Crippen LogP contribution in [0.2, 0.25) is 5.02 Å². The number of aromatic nitrogens is 3. The molecule has 0 saturated heterocycles. The SMILES string of the molecule is CS(=O)(=O)Nc1cc(Cl)cc(NC(=O)c2cc(-c3ncccc3OCc3cccnc3)n(CC(F)(F)F)c2)c1. The first-order valence-electron chi connectivity index (χ1n) is 11.2.